The molecule has 0 spiro atoms. The van der Waals surface area contributed by atoms with Crippen molar-refractivity contribution in [3.8, 4) is 0 Å². The Morgan fingerprint density at radius 2 is 2.11 bits per heavy atom. The minimum absolute atomic E-state index is 0.292. The Morgan fingerprint density at radius 1 is 1.32 bits per heavy atom. The lowest BCUT2D eigenvalue weighted by atomic mass is 9.97. The third-order valence-corrected chi connectivity index (χ3v) is 4.52. The normalized spacial score (nSPS) is 24.6. The van der Waals surface area contributed by atoms with Gasteiger partial charge in [-0.1, -0.05) is 34.5 Å². The van der Waals surface area contributed by atoms with E-state index in [0.717, 1.165) is 23.0 Å². The van der Waals surface area contributed by atoms with E-state index < -0.39 is 6.10 Å². The fraction of sp³-hybridized carbons (Fsp3) is 0.600. The van der Waals surface area contributed by atoms with E-state index >= 15 is 0 Å². The first-order valence-corrected chi connectivity index (χ1v) is 7.75. The van der Waals surface area contributed by atoms with Crippen LogP contribution in [-0.4, -0.2) is 29.9 Å². The first-order chi connectivity index (χ1) is 9.20. The van der Waals surface area contributed by atoms with Crippen LogP contribution in [0.25, 0.3) is 0 Å². The smallest absolute Gasteiger partial charge is 0.0914 e. The van der Waals surface area contributed by atoms with Gasteiger partial charge < -0.3 is 15.5 Å². The summed E-state index contributed by atoms with van der Waals surface area (Å²) in [6, 6.07) is 7.76. The number of rotatable bonds is 6. The number of benzene rings is 1. The van der Waals surface area contributed by atoms with Gasteiger partial charge in [0.05, 0.1) is 6.10 Å². The summed E-state index contributed by atoms with van der Waals surface area (Å²) >= 11 is 3.41. The Hall–Kier alpha value is -0.420. The topological polar surface area (TPSA) is 52.5 Å². The van der Waals surface area contributed by atoms with Crippen LogP contribution >= 0.6 is 15.9 Å². The van der Waals surface area contributed by atoms with Crippen molar-refractivity contribution in [1.82, 2.24) is 5.32 Å². The predicted molar refractivity (Wildman–Crippen MR) is 79.9 cm³/mol. The van der Waals surface area contributed by atoms with Crippen LogP contribution in [0, 0.1) is 11.8 Å². The number of nitrogens with one attached hydrogen (secondary N) is 1. The summed E-state index contributed by atoms with van der Waals surface area (Å²) in [5.41, 5.74) is 0.923. The Kier molecular flexibility index (Phi) is 5.82. The number of halogens is 1. The fourth-order valence-corrected chi connectivity index (χ4v) is 3.28. The quantitative estimate of drug-likeness (QED) is 0.752. The average Bonchev–Trinajstić information content (AvgIpc) is 2.86. The summed E-state index contributed by atoms with van der Waals surface area (Å²) in [6.07, 6.45) is 3.06. The molecule has 0 heterocycles. The molecule has 1 aromatic rings. The molecule has 3 atom stereocenters. The minimum Gasteiger partial charge on any atom is -0.396 e. The molecular weight excluding hydrogens is 306 g/mol. The van der Waals surface area contributed by atoms with Crippen molar-refractivity contribution >= 4 is 15.9 Å². The Morgan fingerprint density at radius 3 is 2.84 bits per heavy atom. The molecule has 3 N–H and O–H groups in total. The van der Waals surface area contributed by atoms with Crippen molar-refractivity contribution in [2.24, 2.45) is 11.8 Å². The van der Waals surface area contributed by atoms with E-state index in [-0.39, 0.29) is 0 Å². The number of aliphatic hydroxyl groups excluding tert-OH is 2. The van der Waals surface area contributed by atoms with Gasteiger partial charge in [-0.2, -0.15) is 0 Å². The first kappa shape index (κ1) is 15.0. The molecule has 106 valence electrons. The van der Waals surface area contributed by atoms with E-state index in [1.54, 1.807) is 0 Å². The van der Waals surface area contributed by atoms with Gasteiger partial charge in [0.15, 0.2) is 0 Å². The number of hydrogen-bond donors (Lipinski definition) is 3. The minimum atomic E-state index is -0.480. The van der Waals surface area contributed by atoms with E-state index in [9.17, 15) is 10.2 Å². The highest BCUT2D eigenvalue weighted by Crippen LogP contribution is 2.30. The lowest BCUT2D eigenvalue weighted by molar-refractivity contribution is 0.163. The van der Waals surface area contributed by atoms with Crippen molar-refractivity contribution in [3.05, 3.63) is 34.3 Å². The van der Waals surface area contributed by atoms with Crippen LogP contribution in [0.1, 0.15) is 30.9 Å². The Labute approximate surface area is 123 Å². The molecule has 1 aliphatic carbocycles. The van der Waals surface area contributed by atoms with E-state index in [4.69, 9.17) is 0 Å². The van der Waals surface area contributed by atoms with Crippen LogP contribution in [0.4, 0.5) is 0 Å². The number of aliphatic hydroxyl groups is 2. The average molecular weight is 328 g/mol. The zero-order valence-corrected chi connectivity index (χ0v) is 12.6. The molecule has 0 aromatic heterocycles. The second-order valence-corrected chi connectivity index (χ2v) is 6.28. The third-order valence-electron chi connectivity index (χ3n) is 4.03. The molecule has 0 bridgehead atoms. The summed E-state index contributed by atoms with van der Waals surface area (Å²) in [6.45, 7) is 1.74. The van der Waals surface area contributed by atoms with Crippen molar-refractivity contribution in [3.63, 3.8) is 0 Å². The SMILES string of the molecule is OCC1CCCC1CNCC(O)c1cccc(Br)c1. The molecule has 2 rings (SSSR count). The third kappa shape index (κ3) is 4.28. The molecule has 4 heteroatoms. The largest absolute Gasteiger partial charge is 0.396 e. The van der Waals surface area contributed by atoms with Gasteiger partial charge in [-0.05, 0) is 48.9 Å². The monoisotopic (exact) mass is 327 g/mol. The molecule has 1 fully saturated rings. The zero-order valence-electron chi connectivity index (χ0n) is 11.1. The standard InChI is InChI=1S/C15H22BrNO2/c16-14-6-2-3-11(7-14)15(19)9-17-8-12-4-1-5-13(12)10-18/h2-3,6-7,12-13,15,17-19H,1,4-5,8-10H2. The summed E-state index contributed by atoms with van der Waals surface area (Å²) in [7, 11) is 0. The number of hydrogen-bond acceptors (Lipinski definition) is 3. The Bertz CT molecular complexity index is 399. The van der Waals surface area contributed by atoms with Crippen LogP contribution in [0.2, 0.25) is 0 Å². The van der Waals surface area contributed by atoms with Gasteiger partial charge in [-0.3, -0.25) is 0 Å². The highest BCUT2D eigenvalue weighted by molar-refractivity contribution is 9.10. The maximum atomic E-state index is 10.1. The lowest BCUT2D eigenvalue weighted by Crippen LogP contribution is -2.30. The van der Waals surface area contributed by atoms with Gasteiger partial charge in [0.25, 0.3) is 0 Å². The second kappa shape index (κ2) is 7.39. The molecule has 0 saturated heterocycles. The molecule has 1 aromatic carbocycles. The van der Waals surface area contributed by atoms with Gasteiger partial charge in [0.1, 0.15) is 0 Å². The summed E-state index contributed by atoms with van der Waals surface area (Å²) in [5.74, 6) is 0.996. The maximum absolute atomic E-state index is 10.1. The molecule has 0 amide bonds. The zero-order chi connectivity index (χ0) is 13.7. The lowest BCUT2D eigenvalue weighted by Gasteiger charge is -2.19. The predicted octanol–water partition coefficient (Wildman–Crippen LogP) is 2.48. The van der Waals surface area contributed by atoms with Crippen LogP contribution in [-0.2, 0) is 0 Å². The van der Waals surface area contributed by atoms with E-state index in [2.05, 4.69) is 21.2 Å². The van der Waals surface area contributed by atoms with Crippen LogP contribution < -0.4 is 5.32 Å². The van der Waals surface area contributed by atoms with Gasteiger partial charge in [0, 0.05) is 17.6 Å². The highest BCUT2D eigenvalue weighted by atomic mass is 79.9. The van der Waals surface area contributed by atoms with Gasteiger partial charge in [-0.15, -0.1) is 0 Å². The molecule has 3 nitrogen and oxygen atoms in total. The maximum Gasteiger partial charge on any atom is 0.0914 e. The Balaban J connectivity index is 1.76. The van der Waals surface area contributed by atoms with Crippen molar-refractivity contribution < 1.29 is 10.2 Å². The summed E-state index contributed by atoms with van der Waals surface area (Å²) < 4.78 is 0.986. The van der Waals surface area contributed by atoms with E-state index in [1.807, 2.05) is 24.3 Å². The highest BCUT2D eigenvalue weighted by Gasteiger charge is 2.26. The molecular formula is C15H22BrNO2. The van der Waals surface area contributed by atoms with Gasteiger partial charge >= 0.3 is 0 Å². The van der Waals surface area contributed by atoms with Crippen LogP contribution in [0.3, 0.4) is 0 Å². The van der Waals surface area contributed by atoms with Crippen LogP contribution in [0.5, 0.6) is 0 Å². The molecule has 1 saturated carbocycles. The molecule has 19 heavy (non-hydrogen) atoms. The molecule has 3 unspecified atom stereocenters. The van der Waals surface area contributed by atoms with Crippen molar-refractivity contribution in [2.75, 3.05) is 19.7 Å². The van der Waals surface area contributed by atoms with Crippen LogP contribution in [0.15, 0.2) is 28.7 Å². The van der Waals surface area contributed by atoms with Crippen molar-refractivity contribution in [1.29, 1.82) is 0 Å². The van der Waals surface area contributed by atoms with Gasteiger partial charge in [-0.25, -0.2) is 0 Å². The first-order valence-electron chi connectivity index (χ1n) is 6.96. The molecule has 1 aliphatic rings. The van der Waals surface area contributed by atoms with E-state index in [1.165, 1.54) is 12.8 Å². The summed E-state index contributed by atoms with van der Waals surface area (Å²) in [5, 5.41) is 22.7. The second-order valence-electron chi connectivity index (χ2n) is 5.36. The van der Waals surface area contributed by atoms with Gasteiger partial charge in [0.2, 0.25) is 0 Å². The molecule has 0 aliphatic heterocycles. The summed E-state index contributed by atoms with van der Waals surface area (Å²) in [4.78, 5) is 0. The molecule has 0 radical (unpaired) electrons. The fourth-order valence-electron chi connectivity index (χ4n) is 2.86. The van der Waals surface area contributed by atoms with Crippen molar-refractivity contribution in [2.45, 2.75) is 25.4 Å². The van der Waals surface area contributed by atoms with E-state index in [0.29, 0.717) is 25.0 Å².